The summed E-state index contributed by atoms with van der Waals surface area (Å²) >= 11 is 6.14. The summed E-state index contributed by atoms with van der Waals surface area (Å²) in [6.07, 6.45) is 3.90. The van der Waals surface area contributed by atoms with Gasteiger partial charge in [-0.3, -0.25) is 0 Å². The van der Waals surface area contributed by atoms with E-state index in [1.807, 2.05) is 38.2 Å². The van der Waals surface area contributed by atoms with Crippen LogP contribution in [0.1, 0.15) is 25.3 Å². The minimum atomic E-state index is 0.745. The van der Waals surface area contributed by atoms with Gasteiger partial charge < -0.3 is 10.2 Å². The zero-order valence-corrected chi connectivity index (χ0v) is 13.5. The molecule has 0 aliphatic rings. The van der Waals surface area contributed by atoms with Crippen LogP contribution in [0.2, 0.25) is 5.02 Å². The first-order chi connectivity index (χ1) is 10.1. The molecule has 2 aromatic rings. The minimum absolute atomic E-state index is 0.745. The molecular formula is C16H21ClN4. The molecule has 0 spiro atoms. The van der Waals surface area contributed by atoms with E-state index in [-0.39, 0.29) is 0 Å². The van der Waals surface area contributed by atoms with Gasteiger partial charge in [-0.25, -0.2) is 9.97 Å². The van der Waals surface area contributed by atoms with Crippen molar-refractivity contribution in [3.05, 3.63) is 41.2 Å². The van der Waals surface area contributed by atoms with Gasteiger partial charge in [0, 0.05) is 30.4 Å². The molecule has 0 unspecified atom stereocenters. The zero-order valence-electron chi connectivity index (χ0n) is 12.7. The maximum Gasteiger partial charge on any atom is 0.135 e. The smallest absolute Gasteiger partial charge is 0.135 e. The van der Waals surface area contributed by atoms with Crippen molar-refractivity contribution in [1.82, 2.24) is 9.97 Å². The molecule has 2 rings (SSSR count). The number of aromatic nitrogens is 2. The first kappa shape index (κ1) is 15.6. The minimum Gasteiger partial charge on any atom is -0.360 e. The highest BCUT2D eigenvalue weighted by molar-refractivity contribution is 6.31. The Morgan fingerprint density at radius 2 is 2.10 bits per heavy atom. The van der Waals surface area contributed by atoms with Crippen molar-refractivity contribution in [2.75, 3.05) is 23.8 Å². The van der Waals surface area contributed by atoms with E-state index in [1.165, 1.54) is 6.42 Å². The third-order valence-electron chi connectivity index (χ3n) is 3.42. The second kappa shape index (κ2) is 7.27. The van der Waals surface area contributed by atoms with Crippen molar-refractivity contribution in [2.24, 2.45) is 0 Å². The highest BCUT2D eigenvalue weighted by Gasteiger charge is 2.06. The maximum atomic E-state index is 6.14. The lowest BCUT2D eigenvalue weighted by atomic mass is 10.2. The second-order valence-corrected chi connectivity index (χ2v) is 5.48. The standard InChI is InChI=1S/C16H21ClN4/c1-4-5-9-21(3)16-10-15(18-11-19-16)20-14-8-6-7-13(17)12(14)2/h6-8,10-11H,4-5,9H2,1-3H3,(H,18,19,20). The Balaban J connectivity index is 2.16. The van der Waals surface area contributed by atoms with Crippen LogP contribution in [0, 0.1) is 6.92 Å². The fourth-order valence-electron chi connectivity index (χ4n) is 2.01. The largest absolute Gasteiger partial charge is 0.360 e. The van der Waals surface area contributed by atoms with Crippen molar-refractivity contribution in [2.45, 2.75) is 26.7 Å². The quantitative estimate of drug-likeness (QED) is 0.858. The lowest BCUT2D eigenvalue weighted by Gasteiger charge is -2.18. The van der Waals surface area contributed by atoms with Crippen LogP contribution in [0.3, 0.4) is 0 Å². The Kier molecular flexibility index (Phi) is 5.39. The van der Waals surface area contributed by atoms with Crippen LogP contribution in [0.5, 0.6) is 0 Å². The summed E-state index contributed by atoms with van der Waals surface area (Å²) in [5.41, 5.74) is 1.97. The van der Waals surface area contributed by atoms with E-state index in [4.69, 9.17) is 11.6 Å². The summed E-state index contributed by atoms with van der Waals surface area (Å²) in [6.45, 7) is 5.16. The van der Waals surface area contributed by atoms with E-state index in [0.717, 1.165) is 40.9 Å². The molecular weight excluding hydrogens is 284 g/mol. The van der Waals surface area contributed by atoms with Gasteiger partial charge in [-0.2, -0.15) is 0 Å². The summed E-state index contributed by atoms with van der Waals surface area (Å²) < 4.78 is 0. The molecule has 4 nitrogen and oxygen atoms in total. The van der Waals surface area contributed by atoms with Crippen LogP contribution < -0.4 is 10.2 Å². The highest BCUT2D eigenvalue weighted by Crippen LogP contribution is 2.26. The van der Waals surface area contributed by atoms with Gasteiger partial charge in [0.25, 0.3) is 0 Å². The van der Waals surface area contributed by atoms with Crippen LogP contribution in [0.25, 0.3) is 0 Å². The Morgan fingerprint density at radius 3 is 2.86 bits per heavy atom. The van der Waals surface area contributed by atoms with Crippen LogP contribution in [0.4, 0.5) is 17.3 Å². The molecule has 0 saturated heterocycles. The predicted molar refractivity (Wildman–Crippen MR) is 89.7 cm³/mol. The molecule has 0 saturated carbocycles. The molecule has 21 heavy (non-hydrogen) atoms. The Hall–Kier alpha value is -1.81. The first-order valence-corrected chi connectivity index (χ1v) is 7.55. The summed E-state index contributed by atoms with van der Waals surface area (Å²) in [5.74, 6) is 1.69. The molecule has 1 heterocycles. The molecule has 1 N–H and O–H groups in total. The van der Waals surface area contributed by atoms with Gasteiger partial charge in [0.05, 0.1) is 0 Å². The molecule has 0 aliphatic heterocycles. The molecule has 1 aromatic heterocycles. The van der Waals surface area contributed by atoms with E-state index < -0.39 is 0 Å². The van der Waals surface area contributed by atoms with Gasteiger partial charge in [-0.05, 0) is 31.0 Å². The molecule has 0 atom stereocenters. The molecule has 0 radical (unpaired) electrons. The van der Waals surface area contributed by atoms with Gasteiger partial charge in [0.15, 0.2) is 0 Å². The van der Waals surface area contributed by atoms with Gasteiger partial charge in [-0.15, -0.1) is 0 Å². The van der Waals surface area contributed by atoms with E-state index >= 15 is 0 Å². The van der Waals surface area contributed by atoms with E-state index in [9.17, 15) is 0 Å². The van der Waals surface area contributed by atoms with Crippen molar-refractivity contribution in [3.63, 3.8) is 0 Å². The molecule has 0 bridgehead atoms. The summed E-state index contributed by atoms with van der Waals surface area (Å²) in [6, 6.07) is 7.75. The average molecular weight is 305 g/mol. The Bertz CT molecular complexity index is 601. The zero-order chi connectivity index (χ0) is 15.2. The molecule has 0 amide bonds. The normalized spacial score (nSPS) is 10.5. The fourth-order valence-corrected chi connectivity index (χ4v) is 2.19. The number of benzene rings is 1. The number of rotatable bonds is 6. The summed E-state index contributed by atoms with van der Waals surface area (Å²) in [7, 11) is 2.05. The Labute approximate surface area is 131 Å². The summed E-state index contributed by atoms with van der Waals surface area (Å²) in [4.78, 5) is 10.7. The molecule has 1 aromatic carbocycles. The van der Waals surface area contributed by atoms with Crippen molar-refractivity contribution in [1.29, 1.82) is 0 Å². The topological polar surface area (TPSA) is 41.0 Å². The van der Waals surface area contributed by atoms with Crippen LogP contribution in [-0.4, -0.2) is 23.6 Å². The van der Waals surface area contributed by atoms with E-state index in [1.54, 1.807) is 6.33 Å². The van der Waals surface area contributed by atoms with Gasteiger partial charge in [0.2, 0.25) is 0 Å². The number of nitrogens with one attached hydrogen (secondary N) is 1. The van der Waals surface area contributed by atoms with Crippen molar-refractivity contribution in [3.8, 4) is 0 Å². The molecule has 0 fully saturated rings. The SMILES string of the molecule is CCCCN(C)c1cc(Nc2cccc(Cl)c2C)ncn1. The van der Waals surface area contributed by atoms with E-state index in [0.29, 0.717) is 0 Å². The third-order valence-corrected chi connectivity index (χ3v) is 3.83. The monoisotopic (exact) mass is 304 g/mol. The molecule has 5 heteroatoms. The van der Waals surface area contributed by atoms with Crippen LogP contribution >= 0.6 is 11.6 Å². The van der Waals surface area contributed by atoms with Crippen molar-refractivity contribution < 1.29 is 0 Å². The number of unbranched alkanes of at least 4 members (excludes halogenated alkanes) is 1. The molecule has 0 aliphatic carbocycles. The van der Waals surface area contributed by atoms with Gasteiger partial charge in [0.1, 0.15) is 18.0 Å². The summed E-state index contributed by atoms with van der Waals surface area (Å²) in [5, 5.41) is 4.05. The van der Waals surface area contributed by atoms with E-state index in [2.05, 4.69) is 27.1 Å². The van der Waals surface area contributed by atoms with Crippen LogP contribution in [-0.2, 0) is 0 Å². The Morgan fingerprint density at radius 1 is 1.29 bits per heavy atom. The number of halogens is 1. The number of nitrogens with zero attached hydrogens (tertiary/aromatic N) is 3. The van der Waals surface area contributed by atoms with Gasteiger partial charge >= 0.3 is 0 Å². The lowest BCUT2D eigenvalue weighted by molar-refractivity contribution is 0.758. The predicted octanol–water partition coefficient (Wildman–Crippen LogP) is 4.42. The molecule has 112 valence electrons. The van der Waals surface area contributed by atoms with Crippen LogP contribution in [0.15, 0.2) is 30.6 Å². The number of hydrogen-bond acceptors (Lipinski definition) is 4. The number of hydrogen-bond donors (Lipinski definition) is 1. The average Bonchev–Trinajstić information content (AvgIpc) is 2.50. The number of anilines is 3. The third kappa shape index (κ3) is 4.08. The fraction of sp³-hybridized carbons (Fsp3) is 0.375. The first-order valence-electron chi connectivity index (χ1n) is 7.17. The second-order valence-electron chi connectivity index (χ2n) is 5.07. The highest BCUT2D eigenvalue weighted by atomic mass is 35.5. The lowest BCUT2D eigenvalue weighted by Crippen LogP contribution is -2.19. The maximum absolute atomic E-state index is 6.14. The van der Waals surface area contributed by atoms with Gasteiger partial charge in [-0.1, -0.05) is 31.0 Å². The van der Waals surface area contributed by atoms with Crippen molar-refractivity contribution >= 4 is 28.9 Å².